The van der Waals surface area contributed by atoms with Gasteiger partial charge in [-0.15, -0.1) is 6.07 Å². The van der Waals surface area contributed by atoms with Gasteiger partial charge in [-0.2, -0.15) is 29.4 Å². The minimum atomic E-state index is 0. The number of benzene rings is 1. The molecule has 1 aromatic heterocycles. The Morgan fingerprint density at radius 1 is 1.43 bits per heavy atom. The van der Waals surface area contributed by atoms with Crippen LogP contribution >= 0.6 is 0 Å². The van der Waals surface area contributed by atoms with Gasteiger partial charge in [-0.25, -0.2) is 9.67 Å². The molecule has 2 aromatic rings. The summed E-state index contributed by atoms with van der Waals surface area (Å²) in [7, 11) is 0. The van der Waals surface area contributed by atoms with Crippen molar-refractivity contribution < 1.29 is 20.1 Å². The molecule has 3 nitrogen and oxygen atoms in total. The van der Waals surface area contributed by atoms with Crippen LogP contribution in [0.1, 0.15) is 12.7 Å². The van der Waals surface area contributed by atoms with Crippen LogP contribution in [-0.4, -0.2) is 14.8 Å². The first kappa shape index (κ1) is 11.1. The molecule has 0 saturated heterocycles. The van der Waals surface area contributed by atoms with Crippen molar-refractivity contribution in [3.63, 3.8) is 0 Å². The van der Waals surface area contributed by atoms with Crippen molar-refractivity contribution in [2.24, 2.45) is 0 Å². The van der Waals surface area contributed by atoms with Crippen molar-refractivity contribution >= 4 is 0 Å². The summed E-state index contributed by atoms with van der Waals surface area (Å²) < 4.78 is 1.73. The van der Waals surface area contributed by atoms with Gasteiger partial charge < -0.3 is 0 Å². The summed E-state index contributed by atoms with van der Waals surface area (Å²) in [4.78, 5) is 4.14. The Balaban J connectivity index is 0.000000980. The summed E-state index contributed by atoms with van der Waals surface area (Å²) in [6, 6.07) is 10.8. The van der Waals surface area contributed by atoms with Gasteiger partial charge in [0.05, 0.1) is 0 Å². The molecule has 1 aromatic carbocycles. The Bertz CT molecular complexity index is 383. The van der Waals surface area contributed by atoms with E-state index in [-0.39, 0.29) is 20.1 Å². The van der Waals surface area contributed by atoms with Gasteiger partial charge in [-0.3, -0.25) is 0 Å². The quantitative estimate of drug-likeness (QED) is 0.759. The summed E-state index contributed by atoms with van der Waals surface area (Å²) in [5, 5.41) is 4.27. The Morgan fingerprint density at radius 2 is 2.29 bits per heavy atom. The smallest absolute Gasteiger partial charge is 0.150 e. The van der Waals surface area contributed by atoms with Crippen LogP contribution < -0.4 is 0 Å². The Morgan fingerprint density at radius 3 is 2.86 bits per heavy atom. The summed E-state index contributed by atoms with van der Waals surface area (Å²) >= 11 is 0. The van der Waals surface area contributed by atoms with Crippen molar-refractivity contribution in [2.75, 3.05) is 0 Å². The standard InChI is InChI=1S/C10H10N3.Ir/c1-2-10-11-8-13(12-10)9-6-4-3-5-7-9;/h3-6,8H,2H2,1H3;/q-1;. The molecular formula is C10H10IrN3-. The van der Waals surface area contributed by atoms with Gasteiger partial charge >= 0.3 is 0 Å². The molecular weight excluding hydrogens is 354 g/mol. The van der Waals surface area contributed by atoms with E-state index < -0.39 is 0 Å². The number of para-hydroxylation sites is 1. The minimum absolute atomic E-state index is 0. The van der Waals surface area contributed by atoms with Gasteiger partial charge in [0.2, 0.25) is 0 Å². The van der Waals surface area contributed by atoms with E-state index in [1.54, 1.807) is 11.0 Å². The summed E-state index contributed by atoms with van der Waals surface area (Å²) in [6.45, 7) is 2.04. The molecule has 0 bridgehead atoms. The van der Waals surface area contributed by atoms with E-state index in [0.29, 0.717) is 0 Å². The predicted molar refractivity (Wildman–Crippen MR) is 49.6 cm³/mol. The van der Waals surface area contributed by atoms with Gasteiger partial charge in [-0.1, -0.05) is 6.92 Å². The topological polar surface area (TPSA) is 30.7 Å². The Hall–Kier alpha value is -0.991. The van der Waals surface area contributed by atoms with E-state index in [2.05, 4.69) is 16.1 Å². The fourth-order valence-electron chi connectivity index (χ4n) is 1.10. The van der Waals surface area contributed by atoms with E-state index in [1.807, 2.05) is 31.2 Å². The molecule has 0 spiro atoms. The monoisotopic (exact) mass is 365 g/mol. The second-order valence-electron chi connectivity index (χ2n) is 2.71. The fraction of sp³-hybridized carbons (Fsp3) is 0.200. The first-order valence-electron chi connectivity index (χ1n) is 4.28. The Kier molecular flexibility index (Phi) is 3.98. The van der Waals surface area contributed by atoms with Gasteiger partial charge in [0.15, 0.2) is 5.82 Å². The number of nitrogens with zero attached hydrogens (tertiary/aromatic N) is 3. The molecule has 0 amide bonds. The van der Waals surface area contributed by atoms with Gasteiger partial charge in [0.25, 0.3) is 0 Å². The average Bonchev–Trinajstić information content (AvgIpc) is 2.67. The van der Waals surface area contributed by atoms with E-state index in [1.165, 1.54) is 0 Å². The van der Waals surface area contributed by atoms with E-state index >= 15 is 0 Å². The normalized spacial score (nSPS) is 9.50. The van der Waals surface area contributed by atoms with Crippen LogP contribution in [-0.2, 0) is 26.5 Å². The van der Waals surface area contributed by atoms with Crippen LogP contribution in [0.15, 0.2) is 30.6 Å². The van der Waals surface area contributed by atoms with Crippen LogP contribution in [0, 0.1) is 6.07 Å². The number of aryl methyl sites for hydroxylation is 1. The molecule has 0 aliphatic heterocycles. The van der Waals surface area contributed by atoms with Crippen molar-refractivity contribution in [1.82, 2.24) is 14.8 Å². The second kappa shape index (κ2) is 5.03. The first-order valence-corrected chi connectivity index (χ1v) is 4.28. The summed E-state index contributed by atoms with van der Waals surface area (Å²) in [5.41, 5.74) is 0.926. The molecule has 2 rings (SSSR count). The molecule has 0 fully saturated rings. The molecule has 14 heavy (non-hydrogen) atoms. The minimum Gasteiger partial charge on any atom is -0.245 e. The maximum atomic E-state index is 4.27. The molecule has 0 aliphatic carbocycles. The molecule has 0 N–H and O–H groups in total. The summed E-state index contributed by atoms with van der Waals surface area (Å²) in [5.74, 6) is 0.859. The van der Waals surface area contributed by atoms with Crippen LogP contribution in [0.3, 0.4) is 0 Å². The Labute approximate surface area is 96.5 Å². The number of hydrogen-bond acceptors (Lipinski definition) is 2. The van der Waals surface area contributed by atoms with E-state index in [4.69, 9.17) is 0 Å². The van der Waals surface area contributed by atoms with Gasteiger partial charge in [-0.05, 0) is 5.69 Å². The fourth-order valence-corrected chi connectivity index (χ4v) is 1.10. The molecule has 0 saturated carbocycles. The predicted octanol–water partition coefficient (Wildman–Crippen LogP) is 1.63. The largest absolute Gasteiger partial charge is 0.245 e. The van der Waals surface area contributed by atoms with Crippen LogP contribution in [0.4, 0.5) is 0 Å². The number of hydrogen-bond donors (Lipinski definition) is 0. The van der Waals surface area contributed by atoms with E-state index in [0.717, 1.165) is 17.9 Å². The molecule has 1 radical (unpaired) electrons. The molecule has 75 valence electrons. The number of rotatable bonds is 2. The maximum absolute atomic E-state index is 4.27. The summed E-state index contributed by atoms with van der Waals surface area (Å²) in [6.07, 6.45) is 2.57. The van der Waals surface area contributed by atoms with Crippen molar-refractivity contribution in [1.29, 1.82) is 0 Å². The van der Waals surface area contributed by atoms with Crippen LogP contribution in [0.5, 0.6) is 0 Å². The molecule has 0 aliphatic rings. The van der Waals surface area contributed by atoms with Crippen LogP contribution in [0.25, 0.3) is 5.69 Å². The first-order chi connectivity index (χ1) is 6.40. The second-order valence-corrected chi connectivity index (χ2v) is 2.71. The SMILES string of the molecule is CCc1ncn(-c2[c-]cccc2)n1.[Ir]. The van der Waals surface area contributed by atoms with Gasteiger partial charge in [0.1, 0.15) is 6.33 Å². The zero-order valence-corrected chi connectivity index (χ0v) is 10.2. The third-order valence-electron chi connectivity index (χ3n) is 1.79. The van der Waals surface area contributed by atoms with Crippen molar-refractivity contribution in [2.45, 2.75) is 13.3 Å². The van der Waals surface area contributed by atoms with Crippen LogP contribution in [0.2, 0.25) is 0 Å². The third kappa shape index (κ3) is 2.28. The average molecular weight is 364 g/mol. The zero-order valence-electron chi connectivity index (χ0n) is 7.77. The molecule has 4 heteroatoms. The maximum Gasteiger partial charge on any atom is 0.150 e. The third-order valence-corrected chi connectivity index (χ3v) is 1.79. The molecule has 0 unspecified atom stereocenters. The molecule has 0 atom stereocenters. The van der Waals surface area contributed by atoms with Crippen molar-refractivity contribution in [3.05, 3.63) is 42.5 Å². The molecule has 1 heterocycles. The van der Waals surface area contributed by atoms with Crippen molar-refractivity contribution in [3.8, 4) is 5.69 Å². The number of aromatic nitrogens is 3. The van der Waals surface area contributed by atoms with Gasteiger partial charge in [0, 0.05) is 26.5 Å². The van der Waals surface area contributed by atoms with E-state index in [9.17, 15) is 0 Å². The zero-order chi connectivity index (χ0) is 9.10.